The van der Waals surface area contributed by atoms with Crippen LogP contribution in [0.3, 0.4) is 0 Å². The molecule has 1 N–H and O–H groups in total. The molecule has 0 atom stereocenters. The van der Waals surface area contributed by atoms with E-state index in [1.54, 1.807) is 28.6 Å². The summed E-state index contributed by atoms with van der Waals surface area (Å²) in [7, 11) is -3.45. The van der Waals surface area contributed by atoms with Gasteiger partial charge in [0.2, 0.25) is 15.9 Å². The highest BCUT2D eigenvalue weighted by Crippen LogP contribution is 2.24. The van der Waals surface area contributed by atoms with Gasteiger partial charge in [-0.1, -0.05) is 6.92 Å². The SMILES string of the molecule is CCOCCC(=O)Nc1ccc(S(=O)(=O)N2CCC(C)CC2)cc1. The molecule has 0 radical (unpaired) electrons. The van der Waals surface area contributed by atoms with Crippen LogP contribution >= 0.6 is 0 Å². The Bertz CT molecular complexity index is 635. The van der Waals surface area contributed by atoms with Crippen LogP contribution in [0.25, 0.3) is 0 Å². The maximum Gasteiger partial charge on any atom is 0.243 e. The molecule has 1 heterocycles. The van der Waals surface area contributed by atoms with E-state index < -0.39 is 10.0 Å². The van der Waals surface area contributed by atoms with E-state index in [2.05, 4.69) is 12.2 Å². The molecule has 2 rings (SSSR count). The topological polar surface area (TPSA) is 75.7 Å². The van der Waals surface area contributed by atoms with E-state index >= 15 is 0 Å². The predicted molar refractivity (Wildman–Crippen MR) is 93.3 cm³/mol. The number of anilines is 1. The molecule has 134 valence electrons. The van der Waals surface area contributed by atoms with Gasteiger partial charge in [-0.05, 0) is 49.9 Å². The van der Waals surface area contributed by atoms with Crippen molar-refractivity contribution in [3.05, 3.63) is 24.3 Å². The molecule has 1 amide bonds. The summed E-state index contributed by atoms with van der Waals surface area (Å²) < 4.78 is 31.9. The predicted octanol–water partition coefficient (Wildman–Crippen LogP) is 2.47. The minimum Gasteiger partial charge on any atom is -0.381 e. The zero-order valence-corrected chi connectivity index (χ0v) is 15.1. The number of sulfonamides is 1. The third-order valence-corrected chi connectivity index (χ3v) is 6.11. The van der Waals surface area contributed by atoms with E-state index in [-0.39, 0.29) is 17.2 Å². The molecule has 0 unspecified atom stereocenters. The number of carbonyl (C=O) groups excluding carboxylic acids is 1. The molecule has 0 spiro atoms. The second kappa shape index (κ2) is 8.60. The van der Waals surface area contributed by atoms with Crippen LogP contribution in [0.1, 0.15) is 33.1 Å². The maximum absolute atomic E-state index is 12.6. The Kier molecular flexibility index (Phi) is 6.77. The molecule has 1 aromatic rings. The molecule has 7 heteroatoms. The largest absolute Gasteiger partial charge is 0.381 e. The lowest BCUT2D eigenvalue weighted by Gasteiger charge is -2.29. The first-order valence-electron chi connectivity index (χ1n) is 8.41. The van der Waals surface area contributed by atoms with Crippen molar-refractivity contribution < 1.29 is 17.9 Å². The van der Waals surface area contributed by atoms with Gasteiger partial charge < -0.3 is 10.1 Å². The summed E-state index contributed by atoms with van der Waals surface area (Å²) in [4.78, 5) is 12.0. The van der Waals surface area contributed by atoms with E-state index in [0.717, 1.165) is 12.8 Å². The fourth-order valence-corrected chi connectivity index (χ4v) is 4.09. The molecule has 1 saturated heterocycles. The van der Waals surface area contributed by atoms with Crippen molar-refractivity contribution >= 4 is 21.6 Å². The molecule has 0 bridgehead atoms. The van der Waals surface area contributed by atoms with Gasteiger partial charge in [-0.2, -0.15) is 4.31 Å². The number of carbonyl (C=O) groups is 1. The normalized spacial score (nSPS) is 16.9. The Morgan fingerprint density at radius 1 is 1.25 bits per heavy atom. The van der Waals surface area contributed by atoms with E-state index in [0.29, 0.717) is 37.9 Å². The summed E-state index contributed by atoms with van der Waals surface area (Å²) in [5, 5.41) is 2.74. The summed E-state index contributed by atoms with van der Waals surface area (Å²) in [6.45, 7) is 6.11. The van der Waals surface area contributed by atoms with E-state index in [1.807, 2.05) is 6.92 Å². The number of nitrogens with one attached hydrogen (secondary N) is 1. The van der Waals surface area contributed by atoms with Gasteiger partial charge in [0.05, 0.1) is 17.9 Å². The third kappa shape index (κ3) is 5.03. The van der Waals surface area contributed by atoms with Gasteiger partial charge >= 0.3 is 0 Å². The fraction of sp³-hybridized carbons (Fsp3) is 0.588. The Hall–Kier alpha value is -1.44. The molecule has 1 aromatic carbocycles. The highest BCUT2D eigenvalue weighted by atomic mass is 32.2. The number of hydrogen-bond donors (Lipinski definition) is 1. The number of rotatable bonds is 7. The summed E-state index contributed by atoms with van der Waals surface area (Å²) in [6, 6.07) is 6.34. The van der Waals surface area contributed by atoms with Crippen molar-refractivity contribution in [2.24, 2.45) is 5.92 Å². The minimum absolute atomic E-state index is 0.149. The number of nitrogens with zero attached hydrogens (tertiary/aromatic N) is 1. The Morgan fingerprint density at radius 2 is 1.88 bits per heavy atom. The number of piperidine rings is 1. The van der Waals surface area contributed by atoms with Crippen molar-refractivity contribution in [2.45, 2.75) is 38.0 Å². The van der Waals surface area contributed by atoms with E-state index in [9.17, 15) is 13.2 Å². The summed E-state index contributed by atoms with van der Waals surface area (Å²) in [6.07, 6.45) is 2.07. The lowest BCUT2D eigenvalue weighted by Crippen LogP contribution is -2.37. The van der Waals surface area contributed by atoms with Crippen molar-refractivity contribution in [3.8, 4) is 0 Å². The van der Waals surface area contributed by atoms with Gasteiger partial charge in [0.1, 0.15) is 0 Å². The van der Waals surface area contributed by atoms with Crippen LogP contribution in [0.2, 0.25) is 0 Å². The van der Waals surface area contributed by atoms with Crippen molar-refractivity contribution in [2.75, 3.05) is 31.6 Å². The average Bonchev–Trinajstić information content (AvgIpc) is 2.56. The zero-order chi connectivity index (χ0) is 17.6. The van der Waals surface area contributed by atoms with Crippen LogP contribution in [0.15, 0.2) is 29.2 Å². The Labute approximate surface area is 144 Å². The molecule has 1 aliphatic rings. The molecule has 0 aromatic heterocycles. The summed E-state index contributed by atoms with van der Waals surface area (Å²) in [5.74, 6) is 0.426. The smallest absolute Gasteiger partial charge is 0.243 e. The first-order chi connectivity index (χ1) is 11.4. The molecule has 0 saturated carbocycles. The van der Waals surface area contributed by atoms with Crippen LogP contribution in [0.5, 0.6) is 0 Å². The highest BCUT2D eigenvalue weighted by molar-refractivity contribution is 7.89. The van der Waals surface area contributed by atoms with Crippen LogP contribution < -0.4 is 5.32 Å². The monoisotopic (exact) mass is 354 g/mol. The number of hydrogen-bond acceptors (Lipinski definition) is 4. The van der Waals surface area contributed by atoms with Crippen molar-refractivity contribution in [3.63, 3.8) is 0 Å². The molecular formula is C17H26N2O4S. The van der Waals surface area contributed by atoms with Gasteiger partial charge in [-0.3, -0.25) is 4.79 Å². The van der Waals surface area contributed by atoms with Gasteiger partial charge in [-0.15, -0.1) is 0 Å². The molecule has 1 fully saturated rings. The van der Waals surface area contributed by atoms with Crippen LogP contribution in [-0.4, -0.2) is 44.9 Å². The average molecular weight is 354 g/mol. The number of amides is 1. The number of ether oxygens (including phenoxy) is 1. The van der Waals surface area contributed by atoms with Gasteiger partial charge in [-0.25, -0.2) is 8.42 Å². The molecule has 24 heavy (non-hydrogen) atoms. The molecule has 6 nitrogen and oxygen atoms in total. The third-order valence-electron chi connectivity index (χ3n) is 4.20. The second-order valence-electron chi connectivity index (χ2n) is 6.11. The van der Waals surface area contributed by atoms with Gasteiger partial charge in [0, 0.05) is 25.4 Å². The summed E-state index contributed by atoms with van der Waals surface area (Å²) >= 11 is 0. The van der Waals surface area contributed by atoms with Crippen LogP contribution in [0.4, 0.5) is 5.69 Å². The van der Waals surface area contributed by atoms with Gasteiger partial charge in [0.15, 0.2) is 0 Å². The fourth-order valence-electron chi connectivity index (χ4n) is 2.62. The van der Waals surface area contributed by atoms with Crippen LogP contribution in [-0.2, 0) is 19.6 Å². The first kappa shape index (κ1) is 18.9. The zero-order valence-electron chi connectivity index (χ0n) is 14.3. The van der Waals surface area contributed by atoms with Crippen molar-refractivity contribution in [1.82, 2.24) is 4.31 Å². The minimum atomic E-state index is -3.45. The van der Waals surface area contributed by atoms with Crippen LogP contribution in [0, 0.1) is 5.92 Å². The van der Waals surface area contributed by atoms with E-state index in [1.165, 1.54) is 0 Å². The Morgan fingerprint density at radius 3 is 2.46 bits per heavy atom. The molecule has 0 aliphatic carbocycles. The molecule has 1 aliphatic heterocycles. The maximum atomic E-state index is 12.6. The Balaban J connectivity index is 1.97. The van der Waals surface area contributed by atoms with Gasteiger partial charge in [0.25, 0.3) is 0 Å². The van der Waals surface area contributed by atoms with E-state index in [4.69, 9.17) is 4.74 Å². The standard InChI is InChI=1S/C17H26N2O4S/c1-3-23-13-10-17(20)18-15-4-6-16(7-5-15)24(21,22)19-11-8-14(2)9-12-19/h4-7,14H,3,8-13H2,1-2H3,(H,18,20). The highest BCUT2D eigenvalue weighted by Gasteiger charge is 2.27. The quantitative estimate of drug-likeness (QED) is 0.763. The second-order valence-corrected chi connectivity index (χ2v) is 8.04. The number of benzene rings is 1. The first-order valence-corrected chi connectivity index (χ1v) is 9.85. The van der Waals surface area contributed by atoms with Crippen molar-refractivity contribution in [1.29, 1.82) is 0 Å². The lowest BCUT2D eigenvalue weighted by atomic mass is 10.0. The lowest BCUT2D eigenvalue weighted by molar-refractivity contribution is -0.117. The molecular weight excluding hydrogens is 328 g/mol. The summed E-state index contributed by atoms with van der Waals surface area (Å²) in [5.41, 5.74) is 0.586.